The van der Waals surface area contributed by atoms with Crippen LogP contribution in [0.15, 0.2) is 28.8 Å². The molecule has 1 saturated carbocycles. The predicted octanol–water partition coefficient (Wildman–Crippen LogP) is 3.30. The van der Waals surface area contributed by atoms with Gasteiger partial charge in [-0.2, -0.15) is 5.26 Å². The maximum absolute atomic E-state index is 12.1. The fourth-order valence-corrected chi connectivity index (χ4v) is 3.65. The van der Waals surface area contributed by atoms with Crippen LogP contribution in [0.3, 0.4) is 0 Å². The van der Waals surface area contributed by atoms with Gasteiger partial charge in [0.15, 0.2) is 6.61 Å². The van der Waals surface area contributed by atoms with Crippen LogP contribution in [0.4, 0.5) is 0 Å². The largest absolute Gasteiger partial charge is 0.489 e. The van der Waals surface area contributed by atoms with Crippen molar-refractivity contribution in [1.82, 2.24) is 10.5 Å². The van der Waals surface area contributed by atoms with E-state index >= 15 is 0 Å². The molecule has 2 aromatic rings. The molecule has 0 unspecified atom stereocenters. The fraction of sp³-hybridized carbons (Fsp3) is 0.478. The minimum Gasteiger partial charge on any atom is -0.489 e. The summed E-state index contributed by atoms with van der Waals surface area (Å²) in [5.41, 5.74) is 1.62. The Morgan fingerprint density at radius 2 is 1.90 bits per heavy atom. The number of nitrogens with one attached hydrogen (secondary N) is 1. The molecule has 31 heavy (non-hydrogen) atoms. The lowest BCUT2D eigenvalue weighted by Crippen LogP contribution is -2.50. The van der Waals surface area contributed by atoms with Crippen molar-refractivity contribution in [2.45, 2.75) is 64.5 Å². The van der Waals surface area contributed by atoms with Gasteiger partial charge in [-0.3, -0.25) is 9.59 Å². The molecular weight excluding hydrogens is 398 g/mol. The molecule has 8 nitrogen and oxygen atoms in total. The number of carbonyl (C=O) groups excluding carboxylic acids is 2. The van der Waals surface area contributed by atoms with Crippen molar-refractivity contribution in [3.8, 4) is 11.8 Å². The van der Waals surface area contributed by atoms with E-state index in [2.05, 4.69) is 16.5 Å². The summed E-state index contributed by atoms with van der Waals surface area (Å²) in [5, 5.41) is 16.0. The summed E-state index contributed by atoms with van der Waals surface area (Å²) in [6.07, 6.45) is 4.19. The smallest absolute Gasteiger partial charge is 0.310 e. The van der Waals surface area contributed by atoms with E-state index < -0.39 is 17.4 Å². The molecule has 1 heterocycles. The number of hydrogen-bond acceptors (Lipinski definition) is 7. The fourth-order valence-electron chi connectivity index (χ4n) is 3.65. The Balaban J connectivity index is 1.43. The molecule has 1 aromatic carbocycles. The predicted molar refractivity (Wildman–Crippen MR) is 111 cm³/mol. The molecule has 0 atom stereocenters. The van der Waals surface area contributed by atoms with Crippen LogP contribution in [0, 0.1) is 25.2 Å². The van der Waals surface area contributed by atoms with Crippen molar-refractivity contribution < 1.29 is 23.6 Å². The van der Waals surface area contributed by atoms with E-state index in [1.165, 1.54) is 0 Å². The zero-order valence-corrected chi connectivity index (χ0v) is 17.9. The Bertz CT molecular complexity index is 933. The lowest BCUT2D eigenvalue weighted by molar-refractivity contribution is -0.148. The van der Waals surface area contributed by atoms with Gasteiger partial charge in [-0.15, -0.1) is 0 Å². The van der Waals surface area contributed by atoms with E-state index in [9.17, 15) is 14.9 Å². The van der Waals surface area contributed by atoms with Gasteiger partial charge >= 0.3 is 5.97 Å². The van der Waals surface area contributed by atoms with Crippen molar-refractivity contribution in [3.63, 3.8) is 0 Å². The molecule has 164 valence electrons. The molecule has 0 aliphatic heterocycles. The standard InChI is InChI=1S/C23H27N3O5/c1-16-20(17(2)31-26-16)13-29-19-8-6-18(7-9-19)12-22(28)30-14-21(27)25-23(15-24)10-4-3-5-11-23/h6-9H,3-5,10-14H2,1-2H3,(H,25,27). The molecule has 0 radical (unpaired) electrons. The second kappa shape index (κ2) is 10.1. The number of amides is 1. The number of benzene rings is 1. The van der Waals surface area contributed by atoms with E-state index in [0.29, 0.717) is 25.2 Å². The second-order valence-electron chi connectivity index (χ2n) is 7.88. The Hall–Kier alpha value is -3.34. The number of carbonyl (C=O) groups is 2. The Kier molecular flexibility index (Phi) is 7.29. The quantitative estimate of drug-likeness (QED) is 0.645. The molecule has 1 aromatic heterocycles. The third-order valence-electron chi connectivity index (χ3n) is 5.50. The van der Waals surface area contributed by atoms with Crippen LogP contribution in [-0.2, 0) is 27.4 Å². The van der Waals surface area contributed by atoms with Gasteiger partial charge in [0.2, 0.25) is 0 Å². The average Bonchev–Trinajstić information content (AvgIpc) is 3.10. The van der Waals surface area contributed by atoms with Crippen LogP contribution in [0.5, 0.6) is 5.75 Å². The summed E-state index contributed by atoms with van der Waals surface area (Å²) in [6, 6.07) is 9.30. The first-order valence-corrected chi connectivity index (χ1v) is 10.4. The van der Waals surface area contributed by atoms with Gasteiger partial charge in [0, 0.05) is 0 Å². The highest BCUT2D eigenvalue weighted by molar-refractivity contribution is 5.82. The number of esters is 1. The summed E-state index contributed by atoms with van der Waals surface area (Å²) in [6.45, 7) is 3.66. The summed E-state index contributed by atoms with van der Waals surface area (Å²) in [5.74, 6) is 0.435. The summed E-state index contributed by atoms with van der Waals surface area (Å²) < 4.78 is 15.9. The van der Waals surface area contributed by atoms with Gasteiger partial charge in [-0.05, 0) is 44.4 Å². The first-order chi connectivity index (χ1) is 14.9. The normalized spacial score (nSPS) is 15.0. The van der Waals surface area contributed by atoms with Crippen molar-refractivity contribution in [2.24, 2.45) is 0 Å². The van der Waals surface area contributed by atoms with Gasteiger partial charge in [0.1, 0.15) is 23.7 Å². The average molecular weight is 425 g/mol. The molecule has 1 amide bonds. The van der Waals surface area contributed by atoms with Crippen LogP contribution < -0.4 is 10.1 Å². The van der Waals surface area contributed by atoms with Crippen molar-refractivity contribution in [2.75, 3.05) is 6.61 Å². The number of hydrogen-bond donors (Lipinski definition) is 1. The molecule has 3 rings (SSSR count). The van der Waals surface area contributed by atoms with Gasteiger partial charge in [-0.1, -0.05) is 36.6 Å². The highest BCUT2D eigenvalue weighted by Gasteiger charge is 2.33. The maximum atomic E-state index is 12.1. The number of nitriles is 1. The molecule has 0 bridgehead atoms. The molecule has 0 saturated heterocycles. The van der Waals surface area contributed by atoms with Gasteiger partial charge in [0.05, 0.1) is 23.7 Å². The first kappa shape index (κ1) is 22.3. The lowest BCUT2D eigenvalue weighted by Gasteiger charge is -2.31. The maximum Gasteiger partial charge on any atom is 0.310 e. The van der Waals surface area contributed by atoms with Crippen molar-refractivity contribution in [1.29, 1.82) is 5.26 Å². The molecule has 0 spiro atoms. The SMILES string of the molecule is Cc1noc(C)c1COc1ccc(CC(=O)OCC(=O)NC2(C#N)CCCCC2)cc1. The molecular formula is C23H27N3O5. The summed E-state index contributed by atoms with van der Waals surface area (Å²) >= 11 is 0. The zero-order chi connectivity index (χ0) is 22.3. The number of nitrogens with zero attached hydrogens (tertiary/aromatic N) is 2. The number of aryl methyl sites for hydroxylation is 2. The minimum atomic E-state index is -0.832. The second-order valence-corrected chi connectivity index (χ2v) is 7.88. The van der Waals surface area contributed by atoms with E-state index in [-0.39, 0.29) is 13.0 Å². The highest BCUT2D eigenvalue weighted by atomic mass is 16.5. The highest BCUT2D eigenvalue weighted by Crippen LogP contribution is 2.27. The number of rotatable bonds is 8. The monoisotopic (exact) mass is 425 g/mol. The van der Waals surface area contributed by atoms with Crippen LogP contribution in [0.25, 0.3) is 0 Å². The Morgan fingerprint density at radius 1 is 1.19 bits per heavy atom. The Labute approximate surface area is 181 Å². The van der Waals surface area contributed by atoms with Crippen LogP contribution in [-0.4, -0.2) is 29.2 Å². The van der Waals surface area contributed by atoms with Crippen LogP contribution >= 0.6 is 0 Å². The van der Waals surface area contributed by atoms with E-state index in [4.69, 9.17) is 14.0 Å². The topological polar surface area (TPSA) is 114 Å². The summed E-state index contributed by atoms with van der Waals surface area (Å²) in [7, 11) is 0. The number of aromatic nitrogens is 1. The molecule has 1 aliphatic rings. The molecule has 8 heteroatoms. The zero-order valence-electron chi connectivity index (χ0n) is 17.9. The van der Waals surface area contributed by atoms with Crippen molar-refractivity contribution >= 4 is 11.9 Å². The van der Waals surface area contributed by atoms with Gasteiger partial charge in [-0.25, -0.2) is 0 Å². The third-order valence-corrected chi connectivity index (χ3v) is 5.50. The van der Waals surface area contributed by atoms with Crippen LogP contribution in [0.2, 0.25) is 0 Å². The minimum absolute atomic E-state index is 0.0425. The van der Waals surface area contributed by atoms with Gasteiger partial charge < -0.3 is 19.3 Å². The van der Waals surface area contributed by atoms with E-state index in [0.717, 1.165) is 41.8 Å². The first-order valence-electron chi connectivity index (χ1n) is 10.4. The molecule has 1 aliphatic carbocycles. The number of ether oxygens (including phenoxy) is 2. The van der Waals surface area contributed by atoms with Crippen molar-refractivity contribution in [3.05, 3.63) is 46.8 Å². The van der Waals surface area contributed by atoms with Crippen LogP contribution in [0.1, 0.15) is 54.7 Å². The summed E-state index contributed by atoms with van der Waals surface area (Å²) in [4.78, 5) is 24.2. The third kappa shape index (κ3) is 6.07. The molecule has 1 fully saturated rings. The lowest BCUT2D eigenvalue weighted by atomic mass is 9.83. The Morgan fingerprint density at radius 3 is 2.52 bits per heavy atom. The van der Waals surface area contributed by atoms with Gasteiger partial charge in [0.25, 0.3) is 5.91 Å². The molecule has 1 N–H and O–H groups in total. The van der Waals surface area contributed by atoms with E-state index in [1.807, 2.05) is 13.8 Å². The van der Waals surface area contributed by atoms with E-state index in [1.54, 1.807) is 24.3 Å².